The van der Waals surface area contributed by atoms with Crippen molar-refractivity contribution in [1.82, 2.24) is 9.78 Å². The molecule has 0 amide bonds. The van der Waals surface area contributed by atoms with Crippen LogP contribution in [-0.2, 0) is 6.61 Å². The highest BCUT2D eigenvalue weighted by Gasteiger charge is 2.03. The first kappa shape index (κ1) is 8.49. The topological polar surface area (TPSA) is 41.0 Å². The molecule has 0 aromatic carbocycles. The predicted molar refractivity (Wildman–Crippen MR) is 45.9 cm³/mol. The summed E-state index contributed by atoms with van der Waals surface area (Å²) in [7, 11) is 0. The molecule has 1 heterocycles. The highest BCUT2D eigenvalue weighted by molar-refractivity contribution is 7.71. The molecule has 0 aliphatic carbocycles. The van der Waals surface area contributed by atoms with E-state index in [9.17, 15) is 0 Å². The SMILES string of the molecule is CC(C)n1[nH]c(=S)cc1CO. The Bertz CT molecular complexity index is 287. The third kappa shape index (κ3) is 1.70. The molecule has 1 aromatic heterocycles. The highest BCUT2D eigenvalue weighted by Crippen LogP contribution is 2.08. The fourth-order valence-corrected chi connectivity index (χ4v) is 1.26. The fraction of sp³-hybridized carbons (Fsp3) is 0.571. The van der Waals surface area contributed by atoms with Crippen LogP contribution in [-0.4, -0.2) is 14.9 Å². The summed E-state index contributed by atoms with van der Waals surface area (Å²) in [5.41, 5.74) is 0.838. The molecule has 0 saturated carbocycles. The monoisotopic (exact) mass is 172 g/mol. The van der Waals surface area contributed by atoms with Gasteiger partial charge in [0.15, 0.2) is 0 Å². The minimum Gasteiger partial charge on any atom is -0.390 e. The Morgan fingerprint density at radius 3 is 2.73 bits per heavy atom. The lowest BCUT2D eigenvalue weighted by atomic mass is 10.3. The molecule has 4 heteroatoms. The minimum atomic E-state index is 0.0331. The Hall–Kier alpha value is -0.610. The first-order valence-electron chi connectivity index (χ1n) is 3.56. The lowest BCUT2D eigenvalue weighted by Crippen LogP contribution is -2.06. The standard InChI is InChI=1S/C7H12N2OS/c1-5(2)9-6(4-10)3-7(11)8-9/h3,5,10H,4H2,1-2H3,(H,8,11). The molecule has 0 saturated heterocycles. The normalized spacial score (nSPS) is 10.9. The molecule has 0 spiro atoms. The van der Waals surface area contributed by atoms with Gasteiger partial charge in [-0.15, -0.1) is 0 Å². The van der Waals surface area contributed by atoms with Crippen molar-refractivity contribution in [2.24, 2.45) is 0 Å². The molecule has 0 unspecified atom stereocenters. The van der Waals surface area contributed by atoms with E-state index in [1.165, 1.54) is 0 Å². The molecule has 0 aliphatic rings. The number of aliphatic hydroxyl groups excluding tert-OH is 1. The van der Waals surface area contributed by atoms with Crippen LogP contribution in [0.5, 0.6) is 0 Å². The van der Waals surface area contributed by atoms with Gasteiger partial charge in [0, 0.05) is 6.04 Å². The zero-order valence-electron chi connectivity index (χ0n) is 6.66. The molecule has 0 fully saturated rings. The Morgan fingerprint density at radius 2 is 2.36 bits per heavy atom. The number of aliphatic hydroxyl groups is 1. The van der Waals surface area contributed by atoms with Gasteiger partial charge in [0.05, 0.1) is 12.3 Å². The van der Waals surface area contributed by atoms with Gasteiger partial charge in [-0.3, -0.25) is 9.78 Å². The van der Waals surface area contributed by atoms with Gasteiger partial charge in [-0.1, -0.05) is 12.2 Å². The average Bonchev–Trinajstić information content (AvgIpc) is 2.30. The molecular formula is C7H12N2OS. The van der Waals surface area contributed by atoms with Gasteiger partial charge in [-0.05, 0) is 19.9 Å². The summed E-state index contributed by atoms with van der Waals surface area (Å²) in [5.74, 6) is 0. The molecule has 1 aromatic rings. The number of nitrogens with zero attached hydrogens (tertiary/aromatic N) is 1. The zero-order valence-corrected chi connectivity index (χ0v) is 7.48. The van der Waals surface area contributed by atoms with Crippen LogP contribution in [0.1, 0.15) is 25.6 Å². The molecule has 1 rings (SSSR count). The summed E-state index contributed by atoms with van der Waals surface area (Å²) in [5, 5.41) is 11.9. The quantitative estimate of drug-likeness (QED) is 0.665. The number of hydrogen-bond donors (Lipinski definition) is 2. The largest absolute Gasteiger partial charge is 0.390 e. The first-order chi connectivity index (χ1) is 5.15. The molecule has 0 bridgehead atoms. The van der Waals surface area contributed by atoms with E-state index in [4.69, 9.17) is 17.3 Å². The van der Waals surface area contributed by atoms with Gasteiger partial charge < -0.3 is 5.11 Å². The lowest BCUT2D eigenvalue weighted by Gasteiger charge is -2.09. The van der Waals surface area contributed by atoms with E-state index in [1.807, 2.05) is 18.5 Å². The highest BCUT2D eigenvalue weighted by atomic mass is 32.1. The Morgan fingerprint density at radius 1 is 1.73 bits per heavy atom. The van der Waals surface area contributed by atoms with Crippen LogP contribution in [0.4, 0.5) is 0 Å². The summed E-state index contributed by atoms with van der Waals surface area (Å²) >= 11 is 4.92. The smallest absolute Gasteiger partial charge is 0.119 e. The summed E-state index contributed by atoms with van der Waals surface area (Å²) in [6, 6.07) is 2.09. The van der Waals surface area contributed by atoms with Crippen LogP contribution in [0.25, 0.3) is 0 Å². The molecular weight excluding hydrogens is 160 g/mol. The van der Waals surface area contributed by atoms with Gasteiger partial charge in [-0.25, -0.2) is 0 Å². The number of hydrogen-bond acceptors (Lipinski definition) is 2. The maximum Gasteiger partial charge on any atom is 0.119 e. The summed E-state index contributed by atoms with van der Waals surface area (Å²) < 4.78 is 2.53. The maximum absolute atomic E-state index is 8.89. The van der Waals surface area contributed by atoms with E-state index < -0.39 is 0 Å². The van der Waals surface area contributed by atoms with Crippen molar-refractivity contribution in [3.8, 4) is 0 Å². The Labute approximate surface area is 70.7 Å². The number of H-pyrrole nitrogens is 1. The first-order valence-corrected chi connectivity index (χ1v) is 3.97. The van der Waals surface area contributed by atoms with E-state index in [0.717, 1.165) is 5.69 Å². The van der Waals surface area contributed by atoms with E-state index in [1.54, 1.807) is 6.07 Å². The fourth-order valence-electron chi connectivity index (χ4n) is 1.03. The predicted octanol–water partition coefficient (Wildman–Crippen LogP) is 1.62. The van der Waals surface area contributed by atoms with E-state index in [0.29, 0.717) is 10.7 Å². The van der Waals surface area contributed by atoms with Crippen LogP contribution in [0, 0.1) is 4.64 Å². The second kappa shape index (κ2) is 3.19. The van der Waals surface area contributed by atoms with Gasteiger partial charge in [0.2, 0.25) is 0 Å². The van der Waals surface area contributed by atoms with Gasteiger partial charge in [-0.2, -0.15) is 0 Å². The zero-order chi connectivity index (χ0) is 8.43. The number of aromatic amines is 1. The Kier molecular flexibility index (Phi) is 2.46. The lowest BCUT2D eigenvalue weighted by molar-refractivity contribution is 0.264. The molecule has 3 nitrogen and oxygen atoms in total. The molecule has 11 heavy (non-hydrogen) atoms. The van der Waals surface area contributed by atoms with Crippen molar-refractivity contribution >= 4 is 12.2 Å². The molecule has 2 N–H and O–H groups in total. The number of aromatic nitrogens is 2. The van der Waals surface area contributed by atoms with Crippen molar-refractivity contribution in [2.45, 2.75) is 26.5 Å². The molecule has 62 valence electrons. The van der Waals surface area contributed by atoms with Gasteiger partial charge in [0.1, 0.15) is 4.64 Å². The molecule has 0 aliphatic heterocycles. The van der Waals surface area contributed by atoms with Crippen molar-refractivity contribution in [3.05, 3.63) is 16.4 Å². The van der Waals surface area contributed by atoms with E-state index in [2.05, 4.69) is 5.10 Å². The third-order valence-corrected chi connectivity index (χ3v) is 1.73. The summed E-state index contributed by atoms with van der Waals surface area (Å²) in [6.45, 7) is 4.10. The van der Waals surface area contributed by atoms with Crippen molar-refractivity contribution < 1.29 is 5.11 Å². The van der Waals surface area contributed by atoms with Crippen LogP contribution < -0.4 is 0 Å². The van der Waals surface area contributed by atoms with Crippen LogP contribution in [0.3, 0.4) is 0 Å². The molecule has 0 atom stereocenters. The van der Waals surface area contributed by atoms with Crippen LogP contribution in [0.15, 0.2) is 6.07 Å². The summed E-state index contributed by atoms with van der Waals surface area (Å²) in [4.78, 5) is 0. The van der Waals surface area contributed by atoms with Crippen molar-refractivity contribution in [3.63, 3.8) is 0 Å². The summed E-state index contributed by atoms with van der Waals surface area (Å²) in [6.07, 6.45) is 0. The van der Waals surface area contributed by atoms with E-state index >= 15 is 0 Å². The number of rotatable bonds is 2. The van der Waals surface area contributed by atoms with Gasteiger partial charge in [0.25, 0.3) is 0 Å². The minimum absolute atomic E-state index is 0.0331. The van der Waals surface area contributed by atoms with Crippen molar-refractivity contribution in [2.75, 3.05) is 0 Å². The third-order valence-electron chi connectivity index (χ3n) is 1.52. The average molecular weight is 172 g/mol. The second-order valence-corrected chi connectivity index (χ2v) is 3.17. The Balaban J connectivity index is 3.12. The van der Waals surface area contributed by atoms with E-state index in [-0.39, 0.29) is 6.61 Å². The number of nitrogens with one attached hydrogen (secondary N) is 1. The molecule has 0 radical (unpaired) electrons. The second-order valence-electron chi connectivity index (χ2n) is 2.73. The van der Waals surface area contributed by atoms with Gasteiger partial charge >= 0.3 is 0 Å². The van der Waals surface area contributed by atoms with Crippen molar-refractivity contribution in [1.29, 1.82) is 0 Å². The van der Waals surface area contributed by atoms with Crippen LogP contribution >= 0.6 is 12.2 Å². The van der Waals surface area contributed by atoms with Crippen LogP contribution in [0.2, 0.25) is 0 Å². The maximum atomic E-state index is 8.89.